The van der Waals surface area contributed by atoms with Crippen molar-refractivity contribution in [2.45, 2.75) is 47.0 Å². The van der Waals surface area contributed by atoms with Gasteiger partial charge in [0.15, 0.2) is 0 Å². The smallest absolute Gasteiger partial charge is 0.0675 e. The summed E-state index contributed by atoms with van der Waals surface area (Å²) in [6.07, 6.45) is 0. The van der Waals surface area contributed by atoms with Gasteiger partial charge in [-0.1, -0.05) is 32.0 Å². The van der Waals surface area contributed by atoms with Crippen molar-refractivity contribution in [2.75, 3.05) is 0 Å². The number of hydrogen-bond acceptors (Lipinski definition) is 0. The van der Waals surface area contributed by atoms with Crippen LogP contribution < -0.4 is 0 Å². The van der Waals surface area contributed by atoms with Crippen LogP contribution in [0.1, 0.15) is 47.2 Å². The van der Waals surface area contributed by atoms with E-state index in [4.69, 9.17) is 0 Å². The number of hydrogen-bond donors (Lipinski definition) is 2. The molecule has 126 valence electrons. The summed E-state index contributed by atoms with van der Waals surface area (Å²) in [5.74, 6) is 0. The molecule has 2 heterocycles. The van der Waals surface area contributed by atoms with Gasteiger partial charge in [0.1, 0.15) is 0 Å². The summed E-state index contributed by atoms with van der Waals surface area (Å²) in [6.45, 7) is 13.8. The van der Waals surface area contributed by atoms with E-state index in [-0.39, 0.29) is 5.41 Å². The van der Waals surface area contributed by atoms with Gasteiger partial charge in [-0.25, -0.2) is 0 Å². The number of nitrogens with one attached hydrogen (secondary N) is 2. The fraction of sp³-hybridized carbons (Fsp3) is 0.304. The molecule has 2 aromatic carbocycles. The highest BCUT2D eigenvalue weighted by molar-refractivity contribution is 6.05. The maximum atomic E-state index is 3.79. The average molecular weight is 328 g/mol. The molecule has 2 heteroatoms. The number of H-pyrrole nitrogens is 2. The molecule has 0 radical (unpaired) electrons. The van der Waals surface area contributed by atoms with Gasteiger partial charge in [-0.05, 0) is 67.1 Å². The second-order valence-corrected chi connectivity index (χ2v) is 8.17. The molecule has 25 heavy (non-hydrogen) atoms. The van der Waals surface area contributed by atoms with E-state index < -0.39 is 0 Å². The number of para-hydroxylation sites is 1. The molecule has 4 aromatic rings. The Hall–Kier alpha value is -2.48. The molecule has 2 aromatic heterocycles. The molecular formula is C23H24N2. The predicted octanol–water partition coefficient (Wildman–Crippen LogP) is 6.19. The molecule has 0 amide bonds. The topological polar surface area (TPSA) is 31.6 Å². The molecule has 0 spiro atoms. The van der Waals surface area contributed by atoms with E-state index in [1.165, 1.54) is 66.6 Å². The maximum absolute atomic E-state index is 3.79. The summed E-state index contributed by atoms with van der Waals surface area (Å²) in [7, 11) is 0. The number of aryl methyl sites for hydroxylation is 2. The third-order valence-corrected chi connectivity index (χ3v) is 6.64. The summed E-state index contributed by atoms with van der Waals surface area (Å²) in [5, 5.41) is 2.77. The van der Waals surface area contributed by atoms with E-state index in [0.29, 0.717) is 0 Å². The van der Waals surface area contributed by atoms with Gasteiger partial charge in [-0.2, -0.15) is 0 Å². The van der Waals surface area contributed by atoms with Crippen LogP contribution >= 0.6 is 0 Å². The monoisotopic (exact) mass is 328 g/mol. The Bertz CT molecular complexity index is 1200. The molecule has 0 saturated carbocycles. The van der Waals surface area contributed by atoms with Gasteiger partial charge in [-0.15, -0.1) is 0 Å². The minimum absolute atomic E-state index is 0.0125. The van der Waals surface area contributed by atoms with Crippen LogP contribution in [0.3, 0.4) is 0 Å². The molecule has 1 aliphatic rings. The van der Waals surface area contributed by atoms with E-state index in [9.17, 15) is 0 Å². The first-order valence-electron chi connectivity index (χ1n) is 9.08. The SMILES string of the molecule is Cc1c(C)c(C)c2c3c([nH]c2c1C)-c1[nH]c2ccccc2c1C3(C)C. The van der Waals surface area contributed by atoms with Crippen molar-refractivity contribution >= 4 is 21.8 Å². The minimum Gasteiger partial charge on any atom is -0.353 e. The first kappa shape index (κ1) is 14.8. The van der Waals surface area contributed by atoms with Crippen molar-refractivity contribution < 1.29 is 0 Å². The van der Waals surface area contributed by atoms with E-state index >= 15 is 0 Å². The largest absolute Gasteiger partial charge is 0.353 e. The zero-order valence-corrected chi connectivity index (χ0v) is 15.8. The molecule has 5 rings (SSSR count). The van der Waals surface area contributed by atoms with Gasteiger partial charge in [-0.3, -0.25) is 0 Å². The summed E-state index contributed by atoms with van der Waals surface area (Å²) < 4.78 is 0. The molecule has 0 unspecified atom stereocenters. The van der Waals surface area contributed by atoms with Gasteiger partial charge in [0.05, 0.1) is 11.4 Å². The zero-order chi connectivity index (χ0) is 17.7. The number of benzene rings is 2. The van der Waals surface area contributed by atoms with Crippen molar-refractivity contribution in [3.8, 4) is 11.4 Å². The fourth-order valence-electron chi connectivity index (χ4n) is 5.01. The Morgan fingerprint density at radius 3 is 2.12 bits per heavy atom. The van der Waals surface area contributed by atoms with E-state index in [1.807, 2.05) is 0 Å². The maximum Gasteiger partial charge on any atom is 0.0675 e. The van der Waals surface area contributed by atoms with Crippen LogP contribution in [0.5, 0.6) is 0 Å². The van der Waals surface area contributed by atoms with Crippen LogP contribution in [0.25, 0.3) is 33.2 Å². The Labute approximate surface area is 148 Å². The molecule has 0 aliphatic heterocycles. The molecule has 2 nitrogen and oxygen atoms in total. The summed E-state index contributed by atoms with van der Waals surface area (Å²) in [6, 6.07) is 8.67. The van der Waals surface area contributed by atoms with Crippen LogP contribution in [0.4, 0.5) is 0 Å². The molecule has 0 bridgehead atoms. The van der Waals surface area contributed by atoms with Crippen molar-refractivity contribution in [3.63, 3.8) is 0 Å². The van der Waals surface area contributed by atoms with Gasteiger partial charge < -0.3 is 9.97 Å². The van der Waals surface area contributed by atoms with Crippen LogP contribution in [0.15, 0.2) is 24.3 Å². The lowest BCUT2D eigenvalue weighted by molar-refractivity contribution is 0.672. The molecule has 0 fully saturated rings. The first-order valence-corrected chi connectivity index (χ1v) is 9.08. The Balaban J connectivity index is 2.00. The van der Waals surface area contributed by atoms with Crippen molar-refractivity contribution in [1.29, 1.82) is 0 Å². The normalized spacial score (nSPS) is 15.1. The molecule has 1 aliphatic carbocycles. The third kappa shape index (κ3) is 1.56. The van der Waals surface area contributed by atoms with Crippen LogP contribution in [-0.2, 0) is 5.41 Å². The number of aromatic nitrogens is 2. The summed E-state index contributed by atoms with van der Waals surface area (Å²) in [5.41, 5.74) is 13.6. The van der Waals surface area contributed by atoms with Crippen LogP contribution in [0.2, 0.25) is 0 Å². The molecule has 0 saturated heterocycles. The second-order valence-electron chi connectivity index (χ2n) is 8.17. The van der Waals surface area contributed by atoms with Gasteiger partial charge in [0.25, 0.3) is 0 Å². The van der Waals surface area contributed by atoms with E-state index in [1.54, 1.807) is 0 Å². The second kappa shape index (κ2) is 4.37. The van der Waals surface area contributed by atoms with Crippen molar-refractivity contribution in [1.82, 2.24) is 9.97 Å². The molecular weight excluding hydrogens is 304 g/mol. The Kier molecular flexibility index (Phi) is 2.59. The quantitative estimate of drug-likeness (QED) is 0.386. The van der Waals surface area contributed by atoms with Crippen molar-refractivity contribution in [3.05, 3.63) is 57.6 Å². The third-order valence-electron chi connectivity index (χ3n) is 6.64. The molecule has 0 atom stereocenters. The lowest BCUT2D eigenvalue weighted by atomic mass is 9.79. The van der Waals surface area contributed by atoms with Crippen LogP contribution in [0, 0.1) is 27.7 Å². The average Bonchev–Trinajstić information content (AvgIpc) is 3.21. The highest BCUT2D eigenvalue weighted by atomic mass is 14.8. The highest BCUT2D eigenvalue weighted by Gasteiger charge is 2.42. The molecule has 2 N–H and O–H groups in total. The Morgan fingerprint density at radius 1 is 0.720 bits per heavy atom. The van der Waals surface area contributed by atoms with Crippen molar-refractivity contribution in [2.24, 2.45) is 0 Å². The fourth-order valence-corrected chi connectivity index (χ4v) is 5.01. The first-order chi connectivity index (χ1) is 11.8. The zero-order valence-electron chi connectivity index (χ0n) is 15.8. The van der Waals surface area contributed by atoms with Gasteiger partial charge >= 0.3 is 0 Å². The standard InChI is InChI=1S/C23H24N2/c1-11-12(2)14(4)20-17(13(11)3)19-22(25-20)21-18(23(19,5)6)15-9-7-8-10-16(15)24-21/h7-10,24-25H,1-6H3. The minimum atomic E-state index is -0.0125. The van der Waals surface area contributed by atoms with Crippen LogP contribution in [-0.4, -0.2) is 9.97 Å². The van der Waals surface area contributed by atoms with Gasteiger partial charge in [0.2, 0.25) is 0 Å². The van der Waals surface area contributed by atoms with E-state index in [0.717, 1.165) is 0 Å². The summed E-state index contributed by atoms with van der Waals surface area (Å²) >= 11 is 0. The number of rotatable bonds is 0. The lowest BCUT2D eigenvalue weighted by Crippen LogP contribution is -2.15. The number of fused-ring (bicyclic) bond motifs is 7. The highest BCUT2D eigenvalue weighted by Crippen LogP contribution is 2.54. The van der Waals surface area contributed by atoms with Gasteiger partial charge in [0, 0.05) is 27.2 Å². The Morgan fingerprint density at radius 2 is 1.36 bits per heavy atom. The summed E-state index contributed by atoms with van der Waals surface area (Å²) in [4.78, 5) is 7.48. The number of aromatic amines is 2. The predicted molar refractivity (Wildman–Crippen MR) is 107 cm³/mol. The lowest BCUT2D eigenvalue weighted by Gasteiger charge is -2.22. The van der Waals surface area contributed by atoms with E-state index in [2.05, 4.69) is 75.8 Å².